The first kappa shape index (κ1) is 10.2. The molecule has 3 rings (SSSR count). The van der Waals surface area contributed by atoms with Crippen LogP contribution in [0.2, 0.25) is 0 Å². The standard InChI is InChI=1S/C13H11N3S/c1-9-2-4-10(5-3-9)12-11(8-14)16-6-7-17-13(16)15-12/h2-8,14H,1H3. The van der Waals surface area contributed by atoms with Gasteiger partial charge in [0.1, 0.15) is 0 Å². The molecule has 0 aliphatic rings. The summed E-state index contributed by atoms with van der Waals surface area (Å²) in [5, 5.41) is 9.51. The molecule has 0 saturated carbocycles. The fourth-order valence-corrected chi connectivity index (χ4v) is 2.59. The quantitative estimate of drug-likeness (QED) is 0.687. The lowest BCUT2D eigenvalue weighted by Gasteiger charge is -1.99. The van der Waals surface area contributed by atoms with Crippen molar-refractivity contribution in [1.29, 1.82) is 5.41 Å². The van der Waals surface area contributed by atoms with Crippen molar-refractivity contribution in [2.24, 2.45) is 0 Å². The van der Waals surface area contributed by atoms with Crippen LogP contribution in [0.4, 0.5) is 0 Å². The number of rotatable bonds is 2. The molecule has 0 saturated heterocycles. The number of aromatic nitrogens is 2. The topological polar surface area (TPSA) is 41.2 Å². The molecule has 0 fully saturated rings. The van der Waals surface area contributed by atoms with Crippen LogP contribution in [-0.2, 0) is 0 Å². The highest BCUT2D eigenvalue weighted by Gasteiger charge is 2.12. The normalized spacial score (nSPS) is 10.9. The average molecular weight is 241 g/mol. The first-order chi connectivity index (χ1) is 8.29. The zero-order valence-electron chi connectivity index (χ0n) is 9.34. The van der Waals surface area contributed by atoms with Gasteiger partial charge in [-0.1, -0.05) is 29.8 Å². The van der Waals surface area contributed by atoms with E-state index in [1.54, 1.807) is 11.3 Å². The molecule has 17 heavy (non-hydrogen) atoms. The summed E-state index contributed by atoms with van der Waals surface area (Å²) < 4.78 is 1.95. The van der Waals surface area contributed by atoms with Crippen molar-refractivity contribution in [2.75, 3.05) is 0 Å². The van der Waals surface area contributed by atoms with E-state index < -0.39 is 0 Å². The summed E-state index contributed by atoms with van der Waals surface area (Å²) in [6.07, 6.45) is 3.31. The Morgan fingerprint density at radius 1 is 1.29 bits per heavy atom. The van der Waals surface area contributed by atoms with E-state index in [-0.39, 0.29) is 0 Å². The van der Waals surface area contributed by atoms with Gasteiger partial charge in [-0.2, -0.15) is 0 Å². The van der Waals surface area contributed by atoms with Gasteiger partial charge in [0.2, 0.25) is 0 Å². The fraction of sp³-hybridized carbons (Fsp3) is 0.0769. The minimum Gasteiger partial charge on any atom is -0.306 e. The van der Waals surface area contributed by atoms with Crippen LogP contribution in [0.5, 0.6) is 0 Å². The van der Waals surface area contributed by atoms with E-state index in [2.05, 4.69) is 36.2 Å². The molecule has 0 bridgehead atoms. The molecule has 0 amide bonds. The van der Waals surface area contributed by atoms with E-state index in [1.807, 2.05) is 16.0 Å². The van der Waals surface area contributed by atoms with Crippen molar-refractivity contribution in [3.8, 4) is 11.3 Å². The molecule has 0 aliphatic carbocycles. The summed E-state index contributed by atoms with van der Waals surface area (Å²) in [5.41, 5.74) is 4.01. The summed E-state index contributed by atoms with van der Waals surface area (Å²) in [4.78, 5) is 5.50. The highest BCUT2D eigenvalue weighted by Crippen LogP contribution is 2.25. The Morgan fingerprint density at radius 3 is 2.76 bits per heavy atom. The van der Waals surface area contributed by atoms with E-state index in [0.29, 0.717) is 0 Å². The lowest BCUT2D eigenvalue weighted by Crippen LogP contribution is -1.89. The van der Waals surface area contributed by atoms with E-state index in [4.69, 9.17) is 5.41 Å². The fourth-order valence-electron chi connectivity index (χ4n) is 1.87. The minimum absolute atomic E-state index is 0.838. The number of nitrogens with zero attached hydrogens (tertiary/aromatic N) is 2. The molecule has 0 radical (unpaired) electrons. The van der Waals surface area contributed by atoms with E-state index in [9.17, 15) is 0 Å². The molecule has 0 spiro atoms. The van der Waals surface area contributed by atoms with Gasteiger partial charge in [-0.15, -0.1) is 11.3 Å². The molecular formula is C13H11N3S. The van der Waals surface area contributed by atoms with Gasteiger partial charge in [0.15, 0.2) is 4.96 Å². The first-order valence-electron chi connectivity index (χ1n) is 5.32. The van der Waals surface area contributed by atoms with Crippen LogP contribution in [0.25, 0.3) is 16.2 Å². The minimum atomic E-state index is 0.838. The number of imidazole rings is 1. The van der Waals surface area contributed by atoms with Crippen LogP contribution >= 0.6 is 11.3 Å². The molecule has 84 valence electrons. The van der Waals surface area contributed by atoms with Crippen LogP contribution in [0.15, 0.2) is 35.8 Å². The Kier molecular flexibility index (Phi) is 2.30. The smallest absolute Gasteiger partial charge is 0.194 e. The lowest BCUT2D eigenvalue weighted by molar-refractivity contribution is 1.21. The molecule has 0 unspecified atom stereocenters. The van der Waals surface area contributed by atoms with Gasteiger partial charge in [-0.3, -0.25) is 4.40 Å². The monoisotopic (exact) mass is 241 g/mol. The average Bonchev–Trinajstić information content (AvgIpc) is 2.89. The molecular weight excluding hydrogens is 230 g/mol. The van der Waals surface area contributed by atoms with Crippen LogP contribution in [0.1, 0.15) is 11.3 Å². The first-order valence-corrected chi connectivity index (χ1v) is 6.20. The second-order valence-corrected chi connectivity index (χ2v) is 4.78. The summed E-state index contributed by atoms with van der Waals surface area (Å²) in [7, 11) is 0. The van der Waals surface area contributed by atoms with Crippen molar-refractivity contribution in [2.45, 2.75) is 6.92 Å². The third kappa shape index (κ3) is 1.57. The lowest BCUT2D eigenvalue weighted by atomic mass is 10.1. The maximum Gasteiger partial charge on any atom is 0.194 e. The predicted molar refractivity (Wildman–Crippen MR) is 71.1 cm³/mol. The maximum absolute atomic E-state index is 7.53. The summed E-state index contributed by atoms with van der Waals surface area (Å²) in [6, 6.07) is 8.23. The van der Waals surface area contributed by atoms with Crippen molar-refractivity contribution in [1.82, 2.24) is 9.38 Å². The summed E-state index contributed by atoms with van der Waals surface area (Å²) in [5.74, 6) is 0. The van der Waals surface area contributed by atoms with Crippen molar-refractivity contribution in [3.63, 3.8) is 0 Å². The molecule has 0 aliphatic heterocycles. The second kappa shape index (κ2) is 3.82. The van der Waals surface area contributed by atoms with Gasteiger partial charge in [-0.25, -0.2) is 4.98 Å². The Labute approximate surface area is 103 Å². The molecule has 1 N–H and O–H groups in total. The Balaban J connectivity index is 2.25. The molecule has 0 atom stereocenters. The third-order valence-corrected chi connectivity index (χ3v) is 3.52. The summed E-state index contributed by atoms with van der Waals surface area (Å²) >= 11 is 1.58. The second-order valence-electron chi connectivity index (χ2n) is 3.91. The highest BCUT2D eigenvalue weighted by molar-refractivity contribution is 7.15. The number of benzene rings is 1. The Hall–Kier alpha value is -1.94. The number of hydrogen-bond donors (Lipinski definition) is 1. The number of nitrogens with one attached hydrogen (secondary N) is 1. The van der Waals surface area contributed by atoms with Crippen LogP contribution < -0.4 is 0 Å². The molecule has 4 heteroatoms. The van der Waals surface area contributed by atoms with Gasteiger partial charge < -0.3 is 5.41 Å². The zero-order valence-corrected chi connectivity index (χ0v) is 10.2. The van der Waals surface area contributed by atoms with E-state index in [1.165, 1.54) is 11.8 Å². The molecule has 2 heterocycles. The largest absolute Gasteiger partial charge is 0.306 e. The van der Waals surface area contributed by atoms with Gasteiger partial charge in [0, 0.05) is 23.4 Å². The summed E-state index contributed by atoms with van der Waals surface area (Å²) in [6.45, 7) is 2.06. The van der Waals surface area contributed by atoms with Crippen molar-refractivity contribution in [3.05, 3.63) is 47.1 Å². The van der Waals surface area contributed by atoms with Gasteiger partial charge in [0.25, 0.3) is 0 Å². The number of thiazole rings is 1. The van der Waals surface area contributed by atoms with E-state index in [0.717, 1.165) is 21.9 Å². The Morgan fingerprint density at radius 2 is 2.06 bits per heavy atom. The highest BCUT2D eigenvalue weighted by atomic mass is 32.1. The predicted octanol–water partition coefficient (Wildman–Crippen LogP) is 3.37. The van der Waals surface area contributed by atoms with Crippen molar-refractivity contribution < 1.29 is 0 Å². The third-order valence-electron chi connectivity index (χ3n) is 2.76. The number of hydrogen-bond acceptors (Lipinski definition) is 3. The van der Waals surface area contributed by atoms with Gasteiger partial charge in [0.05, 0.1) is 11.4 Å². The molecule has 2 aromatic heterocycles. The van der Waals surface area contributed by atoms with Crippen LogP contribution in [0, 0.1) is 12.3 Å². The van der Waals surface area contributed by atoms with Crippen LogP contribution in [0.3, 0.4) is 0 Å². The van der Waals surface area contributed by atoms with Gasteiger partial charge >= 0.3 is 0 Å². The number of fused-ring (bicyclic) bond motifs is 1. The molecule has 3 nitrogen and oxygen atoms in total. The zero-order chi connectivity index (χ0) is 11.8. The van der Waals surface area contributed by atoms with E-state index >= 15 is 0 Å². The maximum atomic E-state index is 7.53. The molecule has 1 aromatic carbocycles. The SMILES string of the molecule is Cc1ccc(-c2nc3sccn3c2C=N)cc1. The van der Waals surface area contributed by atoms with Crippen LogP contribution in [-0.4, -0.2) is 15.6 Å². The Bertz CT molecular complexity index is 676. The molecule has 3 aromatic rings. The van der Waals surface area contributed by atoms with Crippen molar-refractivity contribution >= 4 is 22.5 Å². The van der Waals surface area contributed by atoms with Gasteiger partial charge in [-0.05, 0) is 6.92 Å². The number of aryl methyl sites for hydroxylation is 1.